The first-order valence-corrected chi connectivity index (χ1v) is 12.2. The topological polar surface area (TPSA) is 95.3 Å². The molecular formula is C25H10BrF11N4O3. The molecule has 4 rings (SSSR count). The number of halogens is 12. The molecule has 0 aliphatic carbocycles. The molecule has 3 aromatic rings. The number of fused-ring (bicyclic) bond motifs is 1. The van der Waals surface area contributed by atoms with Crippen LogP contribution in [0.2, 0.25) is 0 Å². The summed E-state index contributed by atoms with van der Waals surface area (Å²) in [4.78, 5) is 34.7. The van der Waals surface area contributed by atoms with E-state index in [9.17, 15) is 53.5 Å². The number of nitriles is 1. The van der Waals surface area contributed by atoms with Crippen LogP contribution in [0.3, 0.4) is 0 Å². The van der Waals surface area contributed by atoms with Crippen LogP contribution in [0.15, 0.2) is 47.1 Å². The third-order valence-electron chi connectivity index (χ3n) is 6.12. The monoisotopic (exact) mass is 702 g/mol. The number of nitrogens with zero attached hydrogens (tertiary/aromatic N) is 3. The first-order valence-electron chi connectivity index (χ1n) is 11.4. The smallest absolute Gasteiger partial charge is 0.320 e. The van der Waals surface area contributed by atoms with E-state index in [1.165, 1.54) is 6.07 Å². The van der Waals surface area contributed by atoms with Crippen LogP contribution in [0.4, 0.5) is 59.7 Å². The normalized spacial score (nSPS) is 14.2. The van der Waals surface area contributed by atoms with Crippen molar-refractivity contribution in [2.45, 2.75) is 30.8 Å². The van der Waals surface area contributed by atoms with Gasteiger partial charge in [0.15, 0.2) is 5.82 Å². The number of hydrogen-bond acceptors (Lipinski definition) is 5. The number of carbonyl (C=O) groups is 2. The van der Waals surface area contributed by atoms with Crippen LogP contribution >= 0.6 is 15.9 Å². The Hall–Kier alpha value is -4.31. The zero-order valence-electron chi connectivity index (χ0n) is 20.9. The van der Waals surface area contributed by atoms with Crippen LogP contribution in [0.5, 0.6) is 0 Å². The highest BCUT2D eigenvalue weighted by molar-refractivity contribution is 9.10. The van der Waals surface area contributed by atoms with Crippen LogP contribution in [-0.4, -0.2) is 29.2 Å². The fourth-order valence-corrected chi connectivity index (χ4v) is 4.59. The van der Waals surface area contributed by atoms with Crippen LogP contribution in [0, 0.1) is 17.1 Å². The van der Waals surface area contributed by atoms with Crippen molar-refractivity contribution in [1.29, 1.82) is 5.26 Å². The number of nitrogens with one attached hydrogen (secondary N) is 1. The first kappa shape index (κ1) is 32.6. The molecule has 1 aliphatic heterocycles. The van der Waals surface area contributed by atoms with E-state index < -0.39 is 80.4 Å². The Kier molecular flexibility index (Phi) is 8.15. The van der Waals surface area contributed by atoms with Gasteiger partial charge in [-0.15, -0.1) is 0 Å². The summed E-state index contributed by atoms with van der Waals surface area (Å²) in [6.45, 7) is -0.381. The summed E-state index contributed by atoms with van der Waals surface area (Å²) in [5.74, 6) is -4.25. The minimum Gasteiger partial charge on any atom is -0.320 e. The second-order valence-electron chi connectivity index (χ2n) is 8.84. The first-order chi connectivity index (χ1) is 20.2. The highest BCUT2D eigenvalue weighted by atomic mass is 79.9. The average Bonchev–Trinajstić information content (AvgIpc) is 2.92. The molecule has 7 nitrogen and oxygen atoms in total. The number of hydroxylamine groups is 1. The lowest BCUT2D eigenvalue weighted by Gasteiger charge is -2.31. The van der Waals surface area contributed by atoms with E-state index in [2.05, 4.69) is 20.9 Å². The number of anilines is 2. The van der Waals surface area contributed by atoms with Crippen LogP contribution < -0.4 is 10.4 Å². The second-order valence-corrected chi connectivity index (χ2v) is 9.69. The van der Waals surface area contributed by atoms with Gasteiger partial charge in [-0.2, -0.15) is 49.8 Å². The third kappa shape index (κ3) is 5.54. The quantitative estimate of drug-likeness (QED) is 0.284. The molecule has 0 bridgehead atoms. The summed E-state index contributed by atoms with van der Waals surface area (Å²) in [6, 6.07) is 4.56. The average molecular weight is 703 g/mol. The lowest BCUT2D eigenvalue weighted by Crippen LogP contribution is -2.50. The molecule has 44 heavy (non-hydrogen) atoms. The van der Waals surface area contributed by atoms with Gasteiger partial charge in [0, 0.05) is 16.2 Å². The number of pyridine rings is 1. The number of alkyl halides is 10. The van der Waals surface area contributed by atoms with Crippen LogP contribution in [0.1, 0.15) is 43.1 Å². The minimum absolute atomic E-state index is 0.0649. The predicted molar refractivity (Wildman–Crippen MR) is 129 cm³/mol. The molecule has 0 atom stereocenters. The van der Waals surface area contributed by atoms with Gasteiger partial charge in [-0.05, 0) is 51.8 Å². The third-order valence-corrected chi connectivity index (χ3v) is 6.75. The molecule has 0 radical (unpaired) electrons. The maximum absolute atomic E-state index is 15.5. The molecule has 19 heteroatoms. The van der Waals surface area contributed by atoms with Crippen molar-refractivity contribution in [3.05, 3.63) is 86.4 Å². The standard InChI is InChI=1S/C25H10BrF11N4O3/c26-16-6-11(22(28,24(32,33)34)25(35,36)37)5-15(23(29,30)31)19(16)40-20(42)13-2-1-3-17(18(13)27)41-21(43)14-8-39-12(7-38)4-10(14)9-44-41/h1-6,8H,9H2,(H,40,42). The van der Waals surface area contributed by atoms with E-state index in [4.69, 9.17) is 10.1 Å². The molecule has 232 valence electrons. The van der Waals surface area contributed by atoms with E-state index in [0.717, 1.165) is 24.4 Å². The molecule has 2 heterocycles. The second kappa shape index (κ2) is 11.0. The van der Waals surface area contributed by atoms with E-state index in [1.807, 2.05) is 0 Å². The molecular weight excluding hydrogens is 693 g/mol. The molecule has 0 spiro atoms. The lowest BCUT2D eigenvalue weighted by molar-refractivity contribution is -0.348. The van der Waals surface area contributed by atoms with Crippen molar-refractivity contribution < 1.29 is 62.7 Å². The Bertz CT molecular complexity index is 1700. The van der Waals surface area contributed by atoms with Crippen molar-refractivity contribution in [2.24, 2.45) is 0 Å². The van der Waals surface area contributed by atoms with E-state index in [0.29, 0.717) is 5.06 Å². The molecule has 1 aromatic heterocycles. The zero-order chi connectivity index (χ0) is 33.0. The summed E-state index contributed by atoms with van der Waals surface area (Å²) in [5, 5.41) is 10.9. The molecule has 2 aromatic carbocycles. The highest BCUT2D eigenvalue weighted by Crippen LogP contribution is 2.55. The highest BCUT2D eigenvalue weighted by Gasteiger charge is 2.73. The van der Waals surface area contributed by atoms with Crippen LogP contribution in [-0.2, 0) is 23.3 Å². The number of aromatic nitrogens is 1. The molecule has 0 fully saturated rings. The number of hydrogen-bond donors (Lipinski definition) is 1. The largest absolute Gasteiger partial charge is 0.435 e. The van der Waals surface area contributed by atoms with E-state index >= 15 is 4.39 Å². The van der Waals surface area contributed by atoms with Gasteiger partial charge in [0.1, 0.15) is 24.1 Å². The van der Waals surface area contributed by atoms with E-state index in [-0.39, 0.29) is 29.5 Å². The van der Waals surface area contributed by atoms with Gasteiger partial charge in [0.2, 0.25) is 0 Å². The fourth-order valence-electron chi connectivity index (χ4n) is 4.03. The van der Waals surface area contributed by atoms with Gasteiger partial charge >= 0.3 is 24.2 Å². The van der Waals surface area contributed by atoms with Gasteiger partial charge in [-0.3, -0.25) is 14.4 Å². The van der Waals surface area contributed by atoms with Gasteiger partial charge in [0.05, 0.1) is 22.4 Å². The SMILES string of the molecule is N#Cc1cc2c(cn1)C(=O)N(c1cccc(C(=O)Nc3c(Br)cc(C(F)(C(F)(F)F)C(F)(F)F)cc3C(F)(F)F)c1F)OC2. The Morgan fingerprint density at radius 3 is 2.23 bits per heavy atom. The van der Waals surface area contributed by atoms with Crippen molar-refractivity contribution >= 4 is 39.1 Å². The van der Waals surface area contributed by atoms with Crippen molar-refractivity contribution in [2.75, 3.05) is 10.4 Å². The molecule has 2 amide bonds. The van der Waals surface area contributed by atoms with Gasteiger partial charge in [-0.25, -0.2) is 13.8 Å². The maximum Gasteiger partial charge on any atom is 0.435 e. The zero-order valence-corrected chi connectivity index (χ0v) is 22.4. The molecule has 0 saturated carbocycles. The molecule has 1 aliphatic rings. The van der Waals surface area contributed by atoms with Crippen molar-refractivity contribution in [1.82, 2.24) is 4.98 Å². The number of rotatable bonds is 4. The number of benzene rings is 2. The van der Waals surface area contributed by atoms with E-state index in [1.54, 1.807) is 11.4 Å². The Morgan fingerprint density at radius 1 is 1.02 bits per heavy atom. The molecule has 0 saturated heterocycles. The lowest BCUT2D eigenvalue weighted by atomic mass is 9.92. The summed E-state index contributed by atoms with van der Waals surface area (Å²) in [5.41, 5.74) is -14.3. The predicted octanol–water partition coefficient (Wildman–Crippen LogP) is 7.51. The number of amides is 2. The summed E-state index contributed by atoms with van der Waals surface area (Å²) in [7, 11) is 0. The van der Waals surface area contributed by atoms with Crippen molar-refractivity contribution in [3.63, 3.8) is 0 Å². The maximum atomic E-state index is 15.5. The van der Waals surface area contributed by atoms with Crippen LogP contribution in [0.25, 0.3) is 0 Å². The van der Waals surface area contributed by atoms with Gasteiger partial charge in [-0.1, -0.05) is 6.07 Å². The summed E-state index contributed by atoms with van der Waals surface area (Å²) in [6.07, 6.45) is -18.3. The Labute approximate surface area is 245 Å². The Morgan fingerprint density at radius 2 is 1.66 bits per heavy atom. The summed E-state index contributed by atoms with van der Waals surface area (Å²) < 4.78 is 149. The van der Waals surface area contributed by atoms with Crippen molar-refractivity contribution in [3.8, 4) is 6.07 Å². The fraction of sp³-hybridized carbons (Fsp3) is 0.200. The molecule has 1 N–H and O–H groups in total. The number of carbonyl (C=O) groups excluding carboxylic acids is 2. The summed E-state index contributed by atoms with van der Waals surface area (Å²) >= 11 is 2.34. The van der Waals surface area contributed by atoms with Gasteiger partial charge in [0.25, 0.3) is 11.8 Å². The Balaban J connectivity index is 1.74. The van der Waals surface area contributed by atoms with Gasteiger partial charge < -0.3 is 5.32 Å². The minimum atomic E-state index is -6.75. The molecule has 0 unspecified atom stereocenters.